The Bertz CT molecular complexity index is 1800. The van der Waals surface area contributed by atoms with Gasteiger partial charge in [0, 0.05) is 24.7 Å². The molecule has 6 rings (SSSR count). The zero-order valence-electron chi connectivity index (χ0n) is 27.1. The summed E-state index contributed by atoms with van der Waals surface area (Å²) in [5.74, 6) is -0.0776. The van der Waals surface area contributed by atoms with Crippen molar-refractivity contribution in [3.05, 3.63) is 125 Å². The maximum Gasteiger partial charge on any atom is 0.411 e. The van der Waals surface area contributed by atoms with Crippen LogP contribution in [-0.4, -0.2) is 68.9 Å². The third-order valence-electron chi connectivity index (χ3n) is 8.64. The molecule has 10 nitrogen and oxygen atoms in total. The van der Waals surface area contributed by atoms with Gasteiger partial charge in [0.1, 0.15) is 18.9 Å². The monoisotopic (exact) mass is 647 g/mol. The van der Waals surface area contributed by atoms with Crippen LogP contribution in [0.15, 0.2) is 97.2 Å². The number of nitrogens with zero attached hydrogens (tertiary/aromatic N) is 2. The molecule has 4 aromatic rings. The van der Waals surface area contributed by atoms with Gasteiger partial charge in [0.2, 0.25) is 5.91 Å². The van der Waals surface area contributed by atoms with E-state index in [0.29, 0.717) is 23.6 Å². The van der Waals surface area contributed by atoms with E-state index in [4.69, 9.17) is 18.9 Å². The fourth-order valence-electron chi connectivity index (χ4n) is 6.32. The number of nitrogens with one attached hydrogen (secondary N) is 1. The van der Waals surface area contributed by atoms with E-state index in [9.17, 15) is 14.4 Å². The summed E-state index contributed by atoms with van der Waals surface area (Å²) in [5, 5.41) is 2.68. The van der Waals surface area contributed by atoms with Crippen LogP contribution in [0.4, 0.5) is 15.3 Å². The van der Waals surface area contributed by atoms with Crippen molar-refractivity contribution in [1.82, 2.24) is 9.80 Å². The first-order chi connectivity index (χ1) is 23.4. The van der Waals surface area contributed by atoms with Crippen LogP contribution in [0.1, 0.15) is 39.8 Å². The number of fused-ring (bicyclic) bond motifs is 4. The molecule has 1 aliphatic heterocycles. The molecule has 0 saturated heterocycles. The average molecular weight is 648 g/mol. The molecule has 0 radical (unpaired) electrons. The third-order valence-corrected chi connectivity index (χ3v) is 8.64. The molecule has 48 heavy (non-hydrogen) atoms. The predicted molar refractivity (Wildman–Crippen MR) is 181 cm³/mol. The molecule has 1 N–H and O–H groups in total. The summed E-state index contributed by atoms with van der Waals surface area (Å²) < 4.78 is 22.5. The van der Waals surface area contributed by atoms with Gasteiger partial charge >= 0.3 is 12.2 Å². The molecule has 0 fully saturated rings. The molecule has 0 aromatic heterocycles. The van der Waals surface area contributed by atoms with E-state index in [1.54, 1.807) is 18.3 Å². The smallest absolute Gasteiger partial charge is 0.411 e. The van der Waals surface area contributed by atoms with Gasteiger partial charge in [-0.15, -0.1) is 0 Å². The van der Waals surface area contributed by atoms with Crippen LogP contribution < -0.4 is 10.1 Å². The van der Waals surface area contributed by atoms with Gasteiger partial charge in [-0.1, -0.05) is 84.9 Å². The summed E-state index contributed by atoms with van der Waals surface area (Å²) in [7, 11) is 4.31. The summed E-state index contributed by atoms with van der Waals surface area (Å²) >= 11 is 0. The number of anilines is 1. The minimum absolute atomic E-state index is 0.0987. The Morgan fingerprint density at radius 2 is 1.50 bits per heavy atom. The largest absolute Gasteiger partial charge is 0.494 e. The van der Waals surface area contributed by atoms with Gasteiger partial charge in [0.15, 0.2) is 0 Å². The van der Waals surface area contributed by atoms with Crippen LogP contribution in [0, 0.1) is 0 Å². The Kier molecular flexibility index (Phi) is 9.73. The number of methoxy groups -OCH3 is 2. The molecule has 1 aliphatic carbocycles. The highest BCUT2D eigenvalue weighted by Crippen LogP contribution is 2.45. The minimum atomic E-state index is -0.658. The summed E-state index contributed by atoms with van der Waals surface area (Å²) in [4.78, 5) is 42.1. The topological polar surface area (TPSA) is 107 Å². The second kappa shape index (κ2) is 14.4. The van der Waals surface area contributed by atoms with Crippen LogP contribution >= 0.6 is 0 Å². The van der Waals surface area contributed by atoms with E-state index in [1.165, 1.54) is 31.1 Å². The second-order valence-electron chi connectivity index (χ2n) is 11.6. The average Bonchev–Trinajstić information content (AvgIpc) is 3.44. The lowest BCUT2D eigenvalue weighted by Crippen LogP contribution is -2.43. The van der Waals surface area contributed by atoms with Crippen LogP contribution in [0.5, 0.6) is 5.75 Å². The first kappa shape index (κ1) is 32.3. The van der Waals surface area contributed by atoms with Gasteiger partial charge < -0.3 is 28.7 Å². The van der Waals surface area contributed by atoms with Crippen LogP contribution in [0.3, 0.4) is 0 Å². The van der Waals surface area contributed by atoms with E-state index in [-0.39, 0.29) is 31.6 Å². The zero-order chi connectivity index (χ0) is 33.6. The molecule has 246 valence electrons. The Labute approximate surface area is 279 Å². The highest BCUT2D eigenvalue weighted by atomic mass is 16.6. The highest BCUT2D eigenvalue weighted by molar-refractivity contribution is 5.89. The van der Waals surface area contributed by atoms with Crippen molar-refractivity contribution in [1.29, 1.82) is 0 Å². The van der Waals surface area contributed by atoms with Crippen molar-refractivity contribution >= 4 is 29.9 Å². The normalized spacial score (nSPS) is 14.4. The Morgan fingerprint density at radius 1 is 0.833 bits per heavy atom. The van der Waals surface area contributed by atoms with Crippen LogP contribution in [-0.2, 0) is 25.6 Å². The molecular weight excluding hydrogens is 610 g/mol. The van der Waals surface area contributed by atoms with Gasteiger partial charge in [-0.2, -0.15) is 0 Å². The first-order valence-electron chi connectivity index (χ1n) is 15.6. The van der Waals surface area contributed by atoms with Gasteiger partial charge in [-0.05, 0) is 45.5 Å². The fraction of sp³-hybridized carbons (Fsp3) is 0.237. The highest BCUT2D eigenvalue weighted by Gasteiger charge is 2.34. The quantitative estimate of drug-likeness (QED) is 0.201. The first-order valence-corrected chi connectivity index (χ1v) is 15.6. The zero-order valence-corrected chi connectivity index (χ0v) is 27.1. The Hall–Kier alpha value is -5.61. The van der Waals surface area contributed by atoms with Gasteiger partial charge in [-0.3, -0.25) is 10.1 Å². The van der Waals surface area contributed by atoms with E-state index in [1.807, 2.05) is 60.7 Å². The molecule has 0 spiro atoms. The van der Waals surface area contributed by atoms with Crippen molar-refractivity contribution in [2.75, 3.05) is 46.3 Å². The standard InChI is InChI=1S/C38H37N3O7/c1-40(38(44)48-23-31-29-15-9-7-13-27(29)28-14-8-10-16-30(28)31)21-34(42)41-20-19-26-17-18-32(39-37(43)46-3)36(45-2)35(26)33(41)24-47-22-25-11-5-4-6-12-25/h4-20,31,33H,21-24H2,1-3H3,(H,39,43). The van der Waals surface area contributed by atoms with Crippen molar-refractivity contribution < 1.29 is 33.3 Å². The van der Waals surface area contributed by atoms with E-state index in [0.717, 1.165) is 33.4 Å². The van der Waals surface area contributed by atoms with E-state index < -0.39 is 18.2 Å². The summed E-state index contributed by atoms with van der Waals surface area (Å²) in [6, 6.07) is 28.9. The molecule has 1 unspecified atom stereocenters. The van der Waals surface area contributed by atoms with Gasteiger partial charge in [0.05, 0.1) is 39.2 Å². The predicted octanol–water partition coefficient (Wildman–Crippen LogP) is 6.83. The molecular formula is C38H37N3O7. The number of likely N-dealkylation sites (N-methyl/N-ethyl adjacent to an activating group) is 1. The second-order valence-corrected chi connectivity index (χ2v) is 11.6. The van der Waals surface area contributed by atoms with Crippen LogP contribution in [0.25, 0.3) is 17.2 Å². The number of amides is 3. The van der Waals surface area contributed by atoms with Crippen molar-refractivity contribution in [3.63, 3.8) is 0 Å². The summed E-state index contributed by atoms with van der Waals surface area (Å²) in [5.41, 5.74) is 7.29. The molecule has 3 amide bonds. The number of ether oxygens (including phenoxy) is 4. The SMILES string of the molecule is COC(=O)Nc1ccc2c(c1OC)C(COCc1ccccc1)N(C(=O)CN(C)C(=O)OCC1c3ccccc3-c3ccccc31)C=C2. The number of carbonyl (C=O) groups is 3. The maximum absolute atomic E-state index is 13.9. The number of rotatable bonds is 10. The lowest BCUT2D eigenvalue weighted by molar-refractivity contribution is -0.132. The van der Waals surface area contributed by atoms with E-state index >= 15 is 0 Å². The molecule has 0 saturated carbocycles. The molecule has 1 atom stereocenters. The molecule has 2 aliphatic rings. The molecule has 10 heteroatoms. The van der Waals surface area contributed by atoms with Crippen molar-refractivity contribution in [2.24, 2.45) is 0 Å². The van der Waals surface area contributed by atoms with Gasteiger partial charge in [0.25, 0.3) is 0 Å². The summed E-state index contributed by atoms with van der Waals surface area (Å²) in [6.07, 6.45) is 2.21. The Morgan fingerprint density at radius 3 is 2.17 bits per heavy atom. The number of hydrogen-bond donors (Lipinski definition) is 1. The summed E-state index contributed by atoms with van der Waals surface area (Å²) in [6.45, 7) is 0.338. The number of hydrogen-bond acceptors (Lipinski definition) is 7. The lowest BCUT2D eigenvalue weighted by atomic mass is 9.94. The third kappa shape index (κ3) is 6.61. The lowest BCUT2D eigenvalue weighted by Gasteiger charge is -2.35. The molecule has 4 aromatic carbocycles. The molecule has 0 bridgehead atoms. The van der Waals surface area contributed by atoms with Gasteiger partial charge in [-0.25, -0.2) is 9.59 Å². The van der Waals surface area contributed by atoms with Crippen molar-refractivity contribution in [2.45, 2.75) is 18.6 Å². The van der Waals surface area contributed by atoms with Crippen LogP contribution in [0.2, 0.25) is 0 Å². The van der Waals surface area contributed by atoms with Crippen molar-refractivity contribution in [3.8, 4) is 16.9 Å². The minimum Gasteiger partial charge on any atom is -0.494 e. The van der Waals surface area contributed by atoms with E-state index in [2.05, 4.69) is 29.6 Å². The number of benzene rings is 4. The Balaban J connectivity index is 1.19. The molecule has 1 heterocycles. The fourth-order valence-corrected chi connectivity index (χ4v) is 6.32. The number of carbonyl (C=O) groups excluding carboxylic acids is 3. The maximum atomic E-state index is 13.9.